The molecule has 0 aromatic carbocycles. The lowest BCUT2D eigenvalue weighted by molar-refractivity contribution is -0.113. The van der Waals surface area contributed by atoms with Crippen LogP contribution in [0.2, 0.25) is 0 Å². The minimum absolute atomic E-state index is 0.231. The number of hydrogen-bond acceptors (Lipinski definition) is 4. The van der Waals surface area contributed by atoms with E-state index in [0.29, 0.717) is 0 Å². The van der Waals surface area contributed by atoms with Crippen LogP contribution in [0.5, 0.6) is 0 Å². The molecule has 0 aromatic heterocycles. The second-order valence-electron chi connectivity index (χ2n) is 3.20. The maximum absolute atomic E-state index is 11.4. The summed E-state index contributed by atoms with van der Waals surface area (Å²) in [7, 11) is 0. The molecule has 1 aliphatic heterocycles. The summed E-state index contributed by atoms with van der Waals surface area (Å²) in [4.78, 5) is 23.8. The second kappa shape index (κ2) is 5.12. The van der Waals surface area contributed by atoms with Gasteiger partial charge in [-0.25, -0.2) is 4.79 Å². The van der Waals surface area contributed by atoms with Crippen LogP contribution >= 0.6 is 0 Å². The SMILES string of the molecule is CCOC(=O)N1C=CC(C#N)C(C(C)=O)=C1. The molecule has 0 bridgehead atoms. The maximum Gasteiger partial charge on any atom is 0.417 e. The molecule has 0 N–H and O–H groups in total. The van der Waals surface area contributed by atoms with Crippen molar-refractivity contribution in [3.8, 4) is 6.07 Å². The van der Waals surface area contributed by atoms with Crippen LogP contribution in [0.1, 0.15) is 13.8 Å². The highest BCUT2D eigenvalue weighted by Gasteiger charge is 2.22. The van der Waals surface area contributed by atoms with Crippen LogP contribution in [0.15, 0.2) is 24.0 Å². The summed E-state index contributed by atoms with van der Waals surface area (Å²) in [6, 6.07) is 1.97. The van der Waals surface area contributed by atoms with E-state index in [2.05, 4.69) is 0 Å². The van der Waals surface area contributed by atoms with E-state index in [1.807, 2.05) is 6.07 Å². The van der Waals surface area contributed by atoms with E-state index in [1.165, 1.54) is 25.4 Å². The van der Waals surface area contributed by atoms with E-state index in [4.69, 9.17) is 10.00 Å². The predicted molar refractivity (Wildman–Crippen MR) is 55.9 cm³/mol. The Hall–Kier alpha value is -2.09. The van der Waals surface area contributed by atoms with Gasteiger partial charge in [0.25, 0.3) is 0 Å². The monoisotopic (exact) mass is 220 g/mol. The van der Waals surface area contributed by atoms with Gasteiger partial charge in [-0.2, -0.15) is 5.26 Å². The van der Waals surface area contributed by atoms with E-state index in [9.17, 15) is 9.59 Å². The highest BCUT2D eigenvalue weighted by atomic mass is 16.5. The van der Waals surface area contributed by atoms with E-state index >= 15 is 0 Å². The first-order valence-electron chi connectivity index (χ1n) is 4.85. The topological polar surface area (TPSA) is 70.4 Å². The summed E-state index contributed by atoms with van der Waals surface area (Å²) in [6.07, 6.45) is 3.70. The van der Waals surface area contributed by atoms with Crippen molar-refractivity contribution in [1.29, 1.82) is 5.26 Å². The van der Waals surface area contributed by atoms with Crippen LogP contribution in [-0.2, 0) is 9.53 Å². The zero-order valence-corrected chi connectivity index (χ0v) is 9.14. The van der Waals surface area contributed by atoms with E-state index < -0.39 is 12.0 Å². The van der Waals surface area contributed by atoms with Crippen molar-refractivity contribution in [3.63, 3.8) is 0 Å². The molecule has 0 saturated heterocycles. The first-order valence-corrected chi connectivity index (χ1v) is 4.85. The molecule has 0 aliphatic carbocycles. The van der Waals surface area contributed by atoms with Crippen LogP contribution < -0.4 is 0 Å². The number of ketones is 1. The molecule has 5 heteroatoms. The summed E-state index contributed by atoms with van der Waals surface area (Å²) in [5.74, 6) is -0.826. The van der Waals surface area contributed by atoms with Gasteiger partial charge >= 0.3 is 6.09 Å². The average molecular weight is 220 g/mol. The van der Waals surface area contributed by atoms with Gasteiger partial charge in [0.1, 0.15) is 0 Å². The number of carbonyl (C=O) groups excluding carboxylic acids is 2. The molecular weight excluding hydrogens is 208 g/mol. The fourth-order valence-electron chi connectivity index (χ4n) is 1.29. The lowest BCUT2D eigenvalue weighted by atomic mass is 9.96. The Kier molecular flexibility index (Phi) is 3.84. The molecule has 1 atom stereocenters. The molecule has 5 nitrogen and oxygen atoms in total. The fourth-order valence-corrected chi connectivity index (χ4v) is 1.29. The Labute approximate surface area is 93.6 Å². The highest BCUT2D eigenvalue weighted by Crippen LogP contribution is 2.20. The van der Waals surface area contributed by atoms with Gasteiger partial charge in [-0.15, -0.1) is 0 Å². The van der Waals surface area contributed by atoms with Crippen LogP contribution in [0.25, 0.3) is 0 Å². The summed E-state index contributed by atoms with van der Waals surface area (Å²) < 4.78 is 4.78. The molecule has 1 rings (SSSR count). The highest BCUT2D eigenvalue weighted by molar-refractivity contribution is 5.95. The summed E-state index contributed by atoms with van der Waals surface area (Å²) >= 11 is 0. The van der Waals surface area contributed by atoms with Gasteiger partial charge in [0.2, 0.25) is 0 Å². The zero-order chi connectivity index (χ0) is 12.1. The number of hydrogen-bond donors (Lipinski definition) is 0. The van der Waals surface area contributed by atoms with Gasteiger partial charge in [-0.05, 0) is 19.9 Å². The molecule has 84 valence electrons. The summed E-state index contributed by atoms with van der Waals surface area (Å²) in [6.45, 7) is 3.31. The van der Waals surface area contributed by atoms with Crippen molar-refractivity contribution in [2.75, 3.05) is 6.61 Å². The maximum atomic E-state index is 11.4. The standard InChI is InChI=1S/C11H12N2O3/c1-3-16-11(15)13-5-4-9(6-12)10(7-13)8(2)14/h4-5,7,9H,3H2,1-2H3. The van der Waals surface area contributed by atoms with E-state index in [-0.39, 0.29) is 18.0 Å². The van der Waals surface area contributed by atoms with E-state index in [1.54, 1.807) is 6.92 Å². The molecular formula is C11H12N2O3. The van der Waals surface area contributed by atoms with Gasteiger partial charge in [0.15, 0.2) is 5.78 Å². The Morgan fingerprint density at radius 3 is 2.81 bits per heavy atom. The molecule has 1 amide bonds. The Bertz CT molecular complexity index is 404. The number of allylic oxidation sites excluding steroid dienone is 2. The van der Waals surface area contributed by atoms with E-state index in [0.717, 1.165) is 4.90 Å². The average Bonchev–Trinajstić information content (AvgIpc) is 2.28. The number of nitriles is 1. The molecule has 1 heterocycles. The summed E-state index contributed by atoms with van der Waals surface area (Å²) in [5, 5.41) is 8.81. The largest absolute Gasteiger partial charge is 0.449 e. The third-order valence-corrected chi connectivity index (χ3v) is 2.08. The zero-order valence-electron chi connectivity index (χ0n) is 9.14. The van der Waals surface area contributed by atoms with Crippen molar-refractivity contribution in [3.05, 3.63) is 24.0 Å². The minimum Gasteiger partial charge on any atom is -0.449 e. The van der Waals surface area contributed by atoms with Crippen LogP contribution in [0.3, 0.4) is 0 Å². The van der Waals surface area contributed by atoms with Gasteiger partial charge in [-0.1, -0.05) is 0 Å². The van der Waals surface area contributed by atoms with Gasteiger partial charge in [0.05, 0.1) is 18.6 Å². The number of ether oxygens (including phenoxy) is 1. The number of carbonyl (C=O) groups is 2. The third kappa shape index (κ3) is 2.48. The van der Waals surface area contributed by atoms with Crippen molar-refractivity contribution in [2.45, 2.75) is 13.8 Å². The Morgan fingerprint density at radius 1 is 1.62 bits per heavy atom. The van der Waals surface area contributed by atoms with Gasteiger partial charge < -0.3 is 4.74 Å². The van der Waals surface area contributed by atoms with Crippen LogP contribution in [0.4, 0.5) is 4.79 Å². The minimum atomic E-state index is -0.594. The van der Waals surface area contributed by atoms with Crippen LogP contribution in [0, 0.1) is 17.2 Å². The van der Waals surface area contributed by atoms with Crippen LogP contribution in [-0.4, -0.2) is 23.4 Å². The Morgan fingerprint density at radius 2 is 2.31 bits per heavy atom. The number of Topliss-reactive ketones (excluding diaryl/α,β-unsaturated/α-hetero) is 1. The molecule has 1 aliphatic rings. The number of nitrogens with zero attached hydrogens (tertiary/aromatic N) is 2. The molecule has 0 aromatic rings. The predicted octanol–water partition coefficient (Wildman–Crippen LogP) is 1.58. The first kappa shape index (κ1) is 12.0. The Balaban J connectivity index is 2.91. The number of rotatable bonds is 2. The van der Waals surface area contributed by atoms with Gasteiger partial charge in [-0.3, -0.25) is 9.69 Å². The molecule has 0 radical (unpaired) electrons. The van der Waals surface area contributed by atoms with Crippen molar-refractivity contribution >= 4 is 11.9 Å². The quantitative estimate of drug-likeness (QED) is 0.708. The molecule has 1 unspecified atom stereocenters. The fraction of sp³-hybridized carbons (Fsp3) is 0.364. The first-order chi connectivity index (χ1) is 7.60. The molecule has 16 heavy (non-hydrogen) atoms. The molecule has 0 spiro atoms. The molecule has 0 fully saturated rings. The third-order valence-electron chi connectivity index (χ3n) is 2.08. The normalized spacial score (nSPS) is 18.7. The smallest absolute Gasteiger partial charge is 0.417 e. The summed E-state index contributed by atoms with van der Waals surface area (Å²) in [5.41, 5.74) is 0.290. The van der Waals surface area contributed by atoms with Crippen molar-refractivity contribution in [1.82, 2.24) is 4.90 Å². The van der Waals surface area contributed by atoms with Gasteiger partial charge in [0, 0.05) is 18.0 Å². The van der Waals surface area contributed by atoms with Crippen molar-refractivity contribution < 1.29 is 14.3 Å². The number of amides is 1. The van der Waals surface area contributed by atoms with Crippen molar-refractivity contribution in [2.24, 2.45) is 5.92 Å². The lowest BCUT2D eigenvalue weighted by Gasteiger charge is -2.20. The lowest BCUT2D eigenvalue weighted by Crippen LogP contribution is -2.26. The second-order valence-corrected chi connectivity index (χ2v) is 3.20. The molecule has 0 saturated carbocycles.